The third kappa shape index (κ3) is 5.67. The number of benzene rings is 1. The van der Waals surface area contributed by atoms with Gasteiger partial charge in [-0.25, -0.2) is 19.9 Å². The minimum atomic E-state index is 0.0338. The molecule has 1 aliphatic rings. The maximum absolute atomic E-state index is 12.2. The molecule has 9 heteroatoms. The second-order valence-electron chi connectivity index (χ2n) is 9.33. The number of thiazole rings is 1. The van der Waals surface area contributed by atoms with E-state index < -0.39 is 0 Å². The third-order valence-corrected chi connectivity index (χ3v) is 7.37. The maximum Gasteiger partial charge on any atom is 0.229 e. The van der Waals surface area contributed by atoms with Crippen molar-refractivity contribution in [2.45, 2.75) is 59.5 Å². The Morgan fingerprint density at radius 3 is 2.38 bits per heavy atom. The van der Waals surface area contributed by atoms with Crippen molar-refractivity contribution in [1.29, 1.82) is 0 Å². The lowest BCUT2D eigenvalue weighted by molar-refractivity contribution is -0.117. The Hall–Kier alpha value is -3.72. The van der Waals surface area contributed by atoms with Gasteiger partial charge < -0.3 is 10.1 Å². The highest BCUT2D eigenvalue weighted by Crippen LogP contribution is 2.36. The largest absolute Gasteiger partial charge is 0.490 e. The standard InChI is InChI=1S/C28H30N6O2S/c1-5-19(6-2)36-20-11-16(3)25(17(4)12-20)22-13-21(32-26(33-22)23-14-29-9-10-30-23)24-15-31-28(37-24)34-27(35)18-7-8-18/h9-15,18-19H,5-8H2,1-4H3,(H,31,34,35). The van der Waals surface area contributed by atoms with E-state index in [1.54, 1.807) is 24.8 Å². The van der Waals surface area contributed by atoms with Crippen molar-refractivity contribution in [3.05, 3.63) is 54.1 Å². The molecule has 0 atom stereocenters. The summed E-state index contributed by atoms with van der Waals surface area (Å²) in [4.78, 5) is 35.8. The summed E-state index contributed by atoms with van der Waals surface area (Å²) in [5, 5.41) is 3.50. The molecule has 1 amide bonds. The zero-order valence-corrected chi connectivity index (χ0v) is 22.3. The number of hydrogen-bond donors (Lipinski definition) is 1. The molecule has 1 aliphatic carbocycles. The number of aromatic nitrogens is 5. The predicted molar refractivity (Wildman–Crippen MR) is 145 cm³/mol. The first-order chi connectivity index (χ1) is 17.9. The molecule has 0 unspecified atom stereocenters. The number of aryl methyl sites for hydroxylation is 2. The van der Waals surface area contributed by atoms with Crippen molar-refractivity contribution in [2.75, 3.05) is 5.32 Å². The van der Waals surface area contributed by atoms with Crippen LogP contribution >= 0.6 is 11.3 Å². The zero-order valence-electron chi connectivity index (χ0n) is 21.5. The molecule has 0 bridgehead atoms. The number of carbonyl (C=O) groups is 1. The van der Waals surface area contributed by atoms with Crippen molar-refractivity contribution in [2.24, 2.45) is 5.92 Å². The van der Waals surface area contributed by atoms with E-state index in [-0.39, 0.29) is 17.9 Å². The Balaban J connectivity index is 1.55. The molecular formula is C28H30N6O2S. The molecule has 190 valence electrons. The van der Waals surface area contributed by atoms with E-state index in [1.807, 2.05) is 6.07 Å². The molecule has 0 spiro atoms. The Labute approximate surface area is 220 Å². The van der Waals surface area contributed by atoms with Gasteiger partial charge in [-0.1, -0.05) is 25.2 Å². The summed E-state index contributed by atoms with van der Waals surface area (Å²) in [7, 11) is 0. The first-order valence-electron chi connectivity index (χ1n) is 12.7. The third-order valence-electron chi connectivity index (χ3n) is 6.43. The smallest absolute Gasteiger partial charge is 0.229 e. The van der Waals surface area contributed by atoms with Gasteiger partial charge in [-0.05, 0) is 68.9 Å². The first kappa shape index (κ1) is 25.0. The highest BCUT2D eigenvalue weighted by atomic mass is 32.1. The van der Waals surface area contributed by atoms with Crippen molar-refractivity contribution in [3.8, 4) is 39.1 Å². The topological polar surface area (TPSA) is 103 Å². The number of hydrogen-bond acceptors (Lipinski definition) is 8. The molecular weight excluding hydrogens is 484 g/mol. The number of anilines is 1. The Bertz CT molecular complexity index is 1390. The monoisotopic (exact) mass is 514 g/mol. The second kappa shape index (κ2) is 10.7. The van der Waals surface area contributed by atoms with Crippen molar-refractivity contribution in [1.82, 2.24) is 24.9 Å². The van der Waals surface area contributed by atoms with Gasteiger partial charge in [-0.3, -0.25) is 9.78 Å². The van der Waals surface area contributed by atoms with Crippen LogP contribution in [0.3, 0.4) is 0 Å². The lowest BCUT2D eigenvalue weighted by atomic mass is 9.98. The van der Waals surface area contributed by atoms with Crippen molar-refractivity contribution >= 4 is 22.4 Å². The molecule has 1 N–H and O–H groups in total. The van der Waals surface area contributed by atoms with E-state index in [9.17, 15) is 4.79 Å². The van der Waals surface area contributed by atoms with Crippen molar-refractivity contribution in [3.63, 3.8) is 0 Å². The van der Waals surface area contributed by atoms with Crippen LogP contribution in [0.25, 0.3) is 33.3 Å². The number of ether oxygens (including phenoxy) is 1. The second-order valence-corrected chi connectivity index (χ2v) is 10.4. The molecule has 0 saturated heterocycles. The minimum Gasteiger partial charge on any atom is -0.490 e. The molecule has 8 nitrogen and oxygen atoms in total. The van der Waals surface area contributed by atoms with E-state index in [0.29, 0.717) is 22.3 Å². The summed E-state index contributed by atoms with van der Waals surface area (Å²) in [6, 6.07) is 6.11. The average Bonchev–Trinajstić information content (AvgIpc) is 3.66. The molecule has 1 fully saturated rings. The van der Waals surface area contributed by atoms with Gasteiger partial charge in [0.15, 0.2) is 11.0 Å². The summed E-state index contributed by atoms with van der Waals surface area (Å²) >= 11 is 1.40. The zero-order chi connectivity index (χ0) is 25.9. The van der Waals surface area contributed by atoms with E-state index in [2.05, 4.69) is 60.1 Å². The first-order valence-corrected chi connectivity index (χ1v) is 13.5. The van der Waals surface area contributed by atoms with Crippen LogP contribution in [0.4, 0.5) is 5.13 Å². The van der Waals surface area contributed by atoms with Crippen LogP contribution in [0.2, 0.25) is 0 Å². The number of nitrogens with one attached hydrogen (secondary N) is 1. The molecule has 3 heterocycles. The van der Waals surface area contributed by atoms with E-state index in [0.717, 1.165) is 58.7 Å². The van der Waals surface area contributed by atoms with Crippen LogP contribution in [-0.4, -0.2) is 36.9 Å². The summed E-state index contributed by atoms with van der Waals surface area (Å²) in [5.74, 6) is 1.50. The molecule has 3 aromatic heterocycles. The fourth-order valence-electron chi connectivity index (χ4n) is 4.28. The Kier molecular flexibility index (Phi) is 7.23. The molecule has 37 heavy (non-hydrogen) atoms. The molecule has 0 aliphatic heterocycles. The van der Waals surface area contributed by atoms with Gasteiger partial charge in [0.1, 0.15) is 11.4 Å². The van der Waals surface area contributed by atoms with E-state index in [1.165, 1.54) is 11.3 Å². The van der Waals surface area contributed by atoms with Gasteiger partial charge in [0, 0.05) is 30.1 Å². The summed E-state index contributed by atoms with van der Waals surface area (Å²) in [5.41, 5.74) is 5.24. The number of nitrogens with zero attached hydrogens (tertiary/aromatic N) is 5. The Morgan fingerprint density at radius 2 is 1.73 bits per heavy atom. The van der Waals surface area contributed by atoms with Gasteiger partial charge in [0.05, 0.1) is 28.6 Å². The van der Waals surface area contributed by atoms with Crippen LogP contribution in [0.1, 0.15) is 50.7 Å². The lowest BCUT2D eigenvalue weighted by Crippen LogP contribution is -2.14. The van der Waals surface area contributed by atoms with E-state index >= 15 is 0 Å². The van der Waals surface area contributed by atoms with Gasteiger partial charge in [-0.2, -0.15) is 0 Å². The predicted octanol–water partition coefficient (Wildman–Crippen LogP) is 6.26. The molecule has 1 saturated carbocycles. The van der Waals surface area contributed by atoms with Gasteiger partial charge >= 0.3 is 0 Å². The number of rotatable bonds is 9. The SMILES string of the molecule is CCC(CC)Oc1cc(C)c(-c2cc(-c3cnc(NC(=O)C4CC4)s3)nc(-c3cnccn3)n2)c(C)c1. The minimum absolute atomic E-state index is 0.0338. The summed E-state index contributed by atoms with van der Waals surface area (Å²) < 4.78 is 6.21. The number of carbonyl (C=O) groups excluding carboxylic acids is 1. The van der Waals surface area contributed by atoms with Crippen LogP contribution in [0, 0.1) is 19.8 Å². The van der Waals surface area contributed by atoms with Crippen LogP contribution in [0.5, 0.6) is 5.75 Å². The van der Waals surface area contributed by atoms with E-state index in [4.69, 9.17) is 14.7 Å². The number of amides is 1. The molecule has 5 rings (SSSR count). The molecule has 4 aromatic rings. The maximum atomic E-state index is 12.2. The van der Waals surface area contributed by atoms with Crippen LogP contribution in [0.15, 0.2) is 43.0 Å². The molecule has 0 radical (unpaired) electrons. The molecule has 1 aromatic carbocycles. The van der Waals surface area contributed by atoms with Crippen LogP contribution < -0.4 is 10.1 Å². The highest BCUT2D eigenvalue weighted by molar-refractivity contribution is 7.19. The summed E-state index contributed by atoms with van der Waals surface area (Å²) in [6.07, 6.45) is 10.7. The van der Waals surface area contributed by atoms with Gasteiger partial charge in [0.2, 0.25) is 5.91 Å². The lowest BCUT2D eigenvalue weighted by Gasteiger charge is -2.19. The quantitative estimate of drug-likeness (QED) is 0.281. The fourth-order valence-corrected chi connectivity index (χ4v) is 5.06. The average molecular weight is 515 g/mol. The van der Waals surface area contributed by atoms with Gasteiger partial charge in [-0.15, -0.1) is 0 Å². The highest BCUT2D eigenvalue weighted by Gasteiger charge is 2.30. The van der Waals surface area contributed by atoms with Gasteiger partial charge in [0.25, 0.3) is 0 Å². The van der Waals surface area contributed by atoms with Crippen LogP contribution in [-0.2, 0) is 4.79 Å². The fraction of sp³-hybridized carbons (Fsp3) is 0.357. The summed E-state index contributed by atoms with van der Waals surface area (Å²) in [6.45, 7) is 8.43. The Morgan fingerprint density at radius 1 is 1.00 bits per heavy atom. The van der Waals surface area contributed by atoms with Crippen molar-refractivity contribution < 1.29 is 9.53 Å². The normalized spacial score (nSPS) is 13.1.